The molecule has 0 bridgehead atoms. The lowest BCUT2D eigenvalue weighted by molar-refractivity contribution is -0.115. The van der Waals surface area contributed by atoms with Gasteiger partial charge in [-0.1, -0.05) is 34.1 Å². The molecule has 0 unspecified atom stereocenters. The first-order valence-corrected chi connectivity index (χ1v) is 8.76. The maximum Gasteiger partial charge on any atom is 0.228 e. The number of rotatable bonds is 6. The van der Waals surface area contributed by atoms with Crippen LogP contribution in [0.15, 0.2) is 77.5 Å². The van der Waals surface area contributed by atoms with Gasteiger partial charge >= 0.3 is 0 Å². The average Bonchev–Trinajstić information content (AvgIpc) is 2.64. The van der Waals surface area contributed by atoms with Crippen molar-refractivity contribution < 1.29 is 4.79 Å². The molecule has 3 aromatic rings. The number of hydrogen-bond acceptors (Lipinski definition) is 3. The van der Waals surface area contributed by atoms with Crippen molar-refractivity contribution in [3.05, 3.63) is 88.7 Å². The molecule has 2 aromatic carbocycles. The maximum absolute atomic E-state index is 12.2. The number of pyridine rings is 1. The van der Waals surface area contributed by atoms with Crippen LogP contribution in [-0.4, -0.2) is 10.9 Å². The fraction of sp³-hybridized carbons (Fsp3) is 0.100. The summed E-state index contributed by atoms with van der Waals surface area (Å²) in [5, 5.41) is 6.26. The van der Waals surface area contributed by atoms with Gasteiger partial charge in [0.1, 0.15) is 0 Å². The van der Waals surface area contributed by atoms with Crippen molar-refractivity contribution in [1.29, 1.82) is 0 Å². The Morgan fingerprint density at radius 1 is 0.920 bits per heavy atom. The van der Waals surface area contributed by atoms with E-state index in [0.29, 0.717) is 6.42 Å². The molecule has 0 atom stereocenters. The first-order chi connectivity index (χ1) is 12.2. The second-order valence-corrected chi connectivity index (χ2v) is 6.46. The molecule has 0 radical (unpaired) electrons. The van der Waals surface area contributed by atoms with Gasteiger partial charge < -0.3 is 10.6 Å². The van der Waals surface area contributed by atoms with E-state index in [9.17, 15) is 4.79 Å². The lowest BCUT2D eigenvalue weighted by Crippen LogP contribution is -2.14. The molecule has 0 aliphatic carbocycles. The number of benzene rings is 2. The zero-order chi connectivity index (χ0) is 17.5. The Hall–Kier alpha value is -2.66. The molecule has 1 aromatic heterocycles. The van der Waals surface area contributed by atoms with E-state index in [-0.39, 0.29) is 5.91 Å². The number of nitrogens with zero attached hydrogens (tertiary/aromatic N) is 1. The Morgan fingerprint density at radius 3 is 2.32 bits per heavy atom. The highest BCUT2D eigenvalue weighted by Crippen LogP contribution is 2.18. The Kier molecular flexibility index (Phi) is 5.80. The van der Waals surface area contributed by atoms with Crippen molar-refractivity contribution >= 4 is 33.2 Å². The maximum atomic E-state index is 12.2. The lowest BCUT2D eigenvalue weighted by atomic mass is 10.1. The zero-order valence-electron chi connectivity index (χ0n) is 13.6. The van der Waals surface area contributed by atoms with E-state index in [0.717, 1.165) is 28.0 Å². The Labute approximate surface area is 155 Å². The molecule has 2 N–H and O–H groups in total. The molecule has 0 aliphatic rings. The lowest BCUT2D eigenvalue weighted by Gasteiger charge is -2.09. The van der Waals surface area contributed by atoms with E-state index in [1.165, 1.54) is 5.56 Å². The Bertz CT molecular complexity index is 835. The Balaban J connectivity index is 1.53. The van der Waals surface area contributed by atoms with Crippen LogP contribution in [0.4, 0.5) is 11.4 Å². The van der Waals surface area contributed by atoms with Crippen LogP contribution in [0.2, 0.25) is 0 Å². The highest BCUT2D eigenvalue weighted by atomic mass is 79.9. The minimum atomic E-state index is -0.0376. The standard InChI is InChI=1S/C20H18BrN3O/c21-19-4-2-1-3-16(19)13-20(25)24-18-7-5-17(6-8-18)23-14-15-9-11-22-12-10-15/h1-12,23H,13-14H2,(H,24,25). The second-order valence-electron chi connectivity index (χ2n) is 5.60. The fourth-order valence-corrected chi connectivity index (χ4v) is 2.82. The molecular formula is C20H18BrN3O. The molecule has 126 valence electrons. The van der Waals surface area contributed by atoms with Crippen LogP contribution in [0.3, 0.4) is 0 Å². The van der Waals surface area contributed by atoms with E-state index in [1.54, 1.807) is 12.4 Å². The van der Waals surface area contributed by atoms with Crippen LogP contribution in [0.1, 0.15) is 11.1 Å². The van der Waals surface area contributed by atoms with Gasteiger partial charge in [-0.05, 0) is 53.6 Å². The number of nitrogens with one attached hydrogen (secondary N) is 2. The van der Waals surface area contributed by atoms with Gasteiger partial charge in [-0.15, -0.1) is 0 Å². The summed E-state index contributed by atoms with van der Waals surface area (Å²) in [5.41, 5.74) is 3.92. The minimum absolute atomic E-state index is 0.0376. The fourth-order valence-electron chi connectivity index (χ4n) is 2.40. The third-order valence-corrected chi connectivity index (χ3v) is 4.50. The number of anilines is 2. The predicted octanol–water partition coefficient (Wildman–Crippen LogP) is 4.64. The van der Waals surface area contributed by atoms with Crippen LogP contribution in [0.5, 0.6) is 0 Å². The summed E-state index contributed by atoms with van der Waals surface area (Å²) in [6.45, 7) is 0.732. The Morgan fingerprint density at radius 2 is 1.60 bits per heavy atom. The largest absolute Gasteiger partial charge is 0.381 e. The summed E-state index contributed by atoms with van der Waals surface area (Å²) in [7, 11) is 0. The van der Waals surface area contributed by atoms with Crippen molar-refractivity contribution in [1.82, 2.24) is 4.98 Å². The normalized spacial score (nSPS) is 10.3. The number of carbonyl (C=O) groups excluding carboxylic acids is 1. The molecule has 25 heavy (non-hydrogen) atoms. The van der Waals surface area contributed by atoms with Gasteiger partial charge in [-0.2, -0.15) is 0 Å². The van der Waals surface area contributed by atoms with E-state index in [1.807, 2.05) is 60.7 Å². The molecule has 4 nitrogen and oxygen atoms in total. The SMILES string of the molecule is O=C(Cc1ccccc1Br)Nc1ccc(NCc2ccncc2)cc1. The van der Waals surface area contributed by atoms with Gasteiger partial charge in [0.05, 0.1) is 6.42 Å². The molecule has 0 saturated carbocycles. The first-order valence-electron chi connectivity index (χ1n) is 7.97. The van der Waals surface area contributed by atoms with Gasteiger partial charge in [0.25, 0.3) is 0 Å². The third-order valence-electron chi connectivity index (χ3n) is 3.72. The van der Waals surface area contributed by atoms with Gasteiger partial charge in [0, 0.05) is 34.8 Å². The monoisotopic (exact) mass is 395 g/mol. The van der Waals surface area contributed by atoms with E-state index >= 15 is 0 Å². The van der Waals surface area contributed by atoms with Crippen LogP contribution >= 0.6 is 15.9 Å². The smallest absolute Gasteiger partial charge is 0.228 e. The summed E-state index contributed by atoms with van der Waals surface area (Å²) in [6, 6.07) is 19.4. The van der Waals surface area contributed by atoms with Crippen LogP contribution in [0.25, 0.3) is 0 Å². The molecule has 0 spiro atoms. The second kappa shape index (κ2) is 8.44. The van der Waals surface area contributed by atoms with Crippen molar-refractivity contribution in [2.45, 2.75) is 13.0 Å². The number of halogens is 1. The van der Waals surface area contributed by atoms with Gasteiger partial charge in [0.15, 0.2) is 0 Å². The number of amides is 1. The summed E-state index contributed by atoms with van der Waals surface area (Å²) in [6.07, 6.45) is 3.89. The van der Waals surface area contributed by atoms with Crippen molar-refractivity contribution in [3.8, 4) is 0 Å². The summed E-state index contributed by atoms with van der Waals surface area (Å²) in [4.78, 5) is 16.2. The minimum Gasteiger partial charge on any atom is -0.381 e. The summed E-state index contributed by atoms with van der Waals surface area (Å²) < 4.78 is 0.945. The highest BCUT2D eigenvalue weighted by Gasteiger charge is 2.06. The first kappa shape index (κ1) is 17.2. The number of carbonyl (C=O) groups is 1. The number of aromatic nitrogens is 1. The van der Waals surface area contributed by atoms with Crippen molar-refractivity contribution in [3.63, 3.8) is 0 Å². The van der Waals surface area contributed by atoms with Crippen molar-refractivity contribution in [2.24, 2.45) is 0 Å². The highest BCUT2D eigenvalue weighted by molar-refractivity contribution is 9.10. The predicted molar refractivity (Wildman–Crippen MR) is 104 cm³/mol. The molecule has 0 fully saturated rings. The van der Waals surface area contributed by atoms with Gasteiger partial charge in [-0.3, -0.25) is 9.78 Å². The molecule has 0 aliphatic heterocycles. The summed E-state index contributed by atoms with van der Waals surface area (Å²) >= 11 is 3.46. The third kappa shape index (κ3) is 5.16. The molecule has 0 saturated heterocycles. The molecule has 3 rings (SSSR count). The topological polar surface area (TPSA) is 54.0 Å². The van der Waals surface area contributed by atoms with E-state index < -0.39 is 0 Å². The van der Waals surface area contributed by atoms with Gasteiger partial charge in [-0.25, -0.2) is 0 Å². The quantitative estimate of drug-likeness (QED) is 0.639. The van der Waals surface area contributed by atoms with Crippen LogP contribution < -0.4 is 10.6 Å². The molecule has 1 heterocycles. The van der Waals surface area contributed by atoms with Gasteiger partial charge in [0.2, 0.25) is 5.91 Å². The number of hydrogen-bond donors (Lipinski definition) is 2. The van der Waals surface area contributed by atoms with Crippen LogP contribution in [0, 0.1) is 0 Å². The van der Waals surface area contributed by atoms with E-state index in [4.69, 9.17) is 0 Å². The van der Waals surface area contributed by atoms with Crippen LogP contribution in [-0.2, 0) is 17.8 Å². The molecule has 5 heteroatoms. The molecular weight excluding hydrogens is 378 g/mol. The molecule has 1 amide bonds. The summed E-state index contributed by atoms with van der Waals surface area (Å²) in [5.74, 6) is -0.0376. The van der Waals surface area contributed by atoms with E-state index in [2.05, 4.69) is 31.5 Å². The van der Waals surface area contributed by atoms with Crippen molar-refractivity contribution in [2.75, 3.05) is 10.6 Å². The zero-order valence-corrected chi connectivity index (χ0v) is 15.2. The average molecular weight is 396 g/mol.